The number of halogens is 1. The Morgan fingerprint density at radius 2 is 2.26 bits per heavy atom. The lowest BCUT2D eigenvalue weighted by molar-refractivity contribution is -0.385. The van der Waals surface area contributed by atoms with Crippen LogP contribution in [0.3, 0.4) is 0 Å². The first-order valence-electron chi connectivity index (χ1n) is 5.43. The molecule has 0 fully saturated rings. The second-order valence-corrected chi connectivity index (χ2v) is 4.29. The zero-order valence-electron chi connectivity index (χ0n) is 10.2. The van der Waals surface area contributed by atoms with E-state index in [0.717, 1.165) is 6.07 Å². The number of anilines is 1. The van der Waals surface area contributed by atoms with Crippen LogP contribution in [0.1, 0.15) is 15.9 Å². The molecule has 8 heteroatoms. The van der Waals surface area contributed by atoms with Crippen LogP contribution in [-0.2, 0) is 0 Å². The van der Waals surface area contributed by atoms with Crippen molar-refractivity contribution >= 4 is 28.9 Å². The van der Waals surface area contributed by atoms with Crippen molar-refractivity contribution in [2.75, 3.05) is 17.7 Å². The molecular formula is C11H14ClN3O4. The van der Waals surface area contributed by atoms with Crippen LogP contribution in [0.4, 0.5) is 11.4 Å². The first-order valence-corrected chi connectivity index (χ1v) is 5.97. The van der Waals surface area contributed by atoms with Crippen molar-refractivity contribution in [3.05, 3.63) is 33.4 Å². The fraction of sp³-hybridized carbons (Fsp3) is 0.364. The number of hydrogen-bond donors (Lipinski definition) is 3. The van der Waals surface area contributed by atoms with Crippen LogP contribution in [0.15, 0.2) is 12.1 Å². The molecule has 0 aliphatic carbocycles. The maximum atomic E-state index is 11.1. The predicted molar refractivity (Wildman–Crippen MR) is 71.6 cm³/mol. The van der Waals surface area contributed by atoms with Crippen molar-refractivity contribution in [3.63, 3.8) is 0 Å². The quantitative estimate of drug-likeness (QED) is 0.410. The Morgan fingerprint density at radius 3 is 2.74 bits per heavy atom. The molecule has 0 saturated heterocycles. The van der Waals surface area contributed by atoms with E-state index in [1.54, 1.807) is 0 Å². The lowest BCUT2D eigenvalue weighted by Crippen LogP contribution is -2.22. The molecule has 0 bridgehead atoms. The smallest absolute Gasteiger partial charge is 0.275 e. The summed E-state index contributed by atoms with van der Waals surface area (Å²) in [5.74, 6) is -0.729. The molecule has 1 aromatic rings. The molecule has 19 heavy (non-hydrogen) atoms. The molecule has 0 saturated carbocycles. The van der Waals surface area contributed by atoms with Crippen molar-refractivity contribution in [2.45, 2.75) is 13.0 Å². The number of alkyl halides is 1. The van der Waals surface area contributed by atoms with Crippen LogP contribution in [0.2, 0.25) is 0 Å². The number of rotatable bonds is 6. The lowest BCUT2D eigenvalue weighted by Gasteiger charge is -2.13. The Bertz CT molecular complexity index is 507. The second kappa shape index (κ2) is 6.35. The minimum atomic E-state index is -0.794. The lowest BCUT2D eigenvalue weighted by atomic mass is 10.1. The highest BCUT2D eigenvalue weighted by Crippen LogP contribution is 2.27. The fourth-order valence-electron chi connectivity index (χ4n) is 1.50. The van der Waals surface area contributed by atoms with Gasteiger partial charge in [0.1, 0.15) is 0 Å². The normalized spacial score (nSPS) is 11.9. The van der Waals surface area contributed by atoms with E-state index in [2.05, 4.69) is 5.32 Å². The summed E-state index contributed by atoms with van der Waals surface area (Å²) in [5.41, 5.74) is 5.67. The van der Waals surface area contributed by atoms with Gasteiger partial charge in [0.2, 0.25) is 5.91 Å². The molecule has 1 amide bonds. The number of primary amides is 1. The summed E-state index contributed by atoms with van der Waals surface area (Å²) < 4.78 is 0. The van der Waals surface area contributed by atoms with Gasteiger partial charge in [-0.1, -0.05) is 0 Å². The van der Waals surface area contributed by atoms with Crippen LogP contribution < -0.4 is 11.1 Å². The standard InChI is InChI=1S/C11H14ClN3O4/c1-6-9(14-5-8(16)4-12)2-7(11(13)17)3-10(6)15(18)19/h2-3,8,14,16H,4-5H2,1H3,(H2,13,17). The summed E-state index contributed by atoms with van der Waals surface area (Å²) in [5, 5.41) is 23.1. The Kier molecular flexibility index (Phi) is 5.08. The third-order valence-electron chi connectivity index (χ3n) is 2.57. The summed E-state index contributed by atoms with van der Waals surface area (Å²) in [6.07, 6.45) is -0.794. The van der Waals surface area contributed by atoms with Crippen LogP contribution in [0.25, 0.3) is 0 Å². The number of nitrogens with one attached hydrogen (secondary N) is 1. The van der Waals surface area contributed by atoms with Gasteiger partial charge in [0, 0.05) is 29.4 Å². The number of nitro groups is 1. The molecule has 4 N–H and O–H groups in total. The van der Waals surface area contributed by atoms with Gasteiger partial charge in [-0.05, 0) is 13.0 Å². The van der Waals surface area contributed by atoms with Crippen molar-refractivity contribution in [1.82, 2.24) is 0 Å². The average Bonchev–Trinajstić information content (AvgIpc) is 2.36. The van der Waals surface area contributed by atoms with E-state index in [-0.39, 0.29) is 23.7 Å². The monoisotopic (exact) mass is 287 g/mol. The van der Waals surface area contributed by atoms with E-state index in [1.807, 2.05) is 0 Å². The molecule has 7 nitrogen and oxygen atoms in total. The van der Waals surface area contributed by atoms with Crippen molar-refractivity contribution < 1.29 is 14.8 Å². The Balaban J connectivity index is 3.14. The number of aliphatic hydroxyl groups is 1. The summed E-state index contributed by atoms with van der Waals surface area (Å²) in [4.78, 5) is 21.4. The van der Waals surface area contributed by atoms with Gasteiger partial charge in [-0.3, -0.25) is 14.9 Å². The second-order valence-electron chi connectivity index (χ2n) is 3.98. The van der Waals surface area contributed by atoms with Gasteiger partial charge in [0.15, 0.2) is 0 Å². The largest absolute Gasteiger partial charge is 0.390 e. The van der Waals surface area contributed by atoms with E-state index < -0.39 is 16.9 Å². The molecule has 0 aromatic heterocycles. The number of nitrogens with zero attached hydrogens (tertiary/aromatic N) is 1. The van der Waals surface area contributed by atoms with Crippen molar-refractivity contribution in [1.29, 1.82) is 0 Å². The van der Waals surface area contributed by atoms with E-state index in [1.165, 1.54) is 13.0 Å². The Labute approximate surface area is 114 Å². The molecule has 0 aliphatic heterocycles. The first-order chi connectivity index (χ1) is 8.86. The zero-order valence-corrected chi connectivity index (χ0v) is 11.0. The molecule has 0 spiro atoms. The molecule has 1 rings (SSSR count). The molecule has 0 radical (unpaired) electrons. The molecule has 1 aromatic carbocycles. The number of carbonyl (C=O) groups is 1. The topological polar surface area (TPSA) is 118 Å². The number of hydrogen-bond acceptors (Lipinski definition) is 5. The van der Waals surface area contributed by atoms with Gasteiger partial charge < -0.3 is 16.2 Å². The van der Waals surface area contributed by atoms with Crippen LogP contribution in [0.5, 0.6) is 0 Å². The highest BCUT2D eigenvalue weighted by Gasteiger charge is 2.18. The summed E-state index contributed by atoms with van der Waals surface area (Å²) in [7, 11) is 0. The molecule has 104 valence electrons. The third-order valence-corrected chi connectivity index (χ3v) is 2.92. The molecule has 0 heterocycles. The highest BCUT2D eigenvalue weighted by atomic mass is 35.5. The molecule has 0 aliphatic rings. The van der Waals surface area contributed by atoms with Gasteiger partial charge in [0.05, 0.1) is 16.9 Å². The molecule has 1 unspecified atom stereocenters. The number of benzene rings is 1. The van der Waals surface area contributed by atoms with Crippen LogP contribution in [0, 0.1) is 17.0 Å². The van der Waals surface area contributed by atoms with E-state index >= 15 is 0 Å². The minimum Gasteiger partial charge on any atom is -0.390 e. The van der Waals surface area contributed by atoms with Crippen molar-refractivity contribution in [3.8, 4) is 0 Å². The SMILES string of the molecule is Cc1c(NCC(O)CCl)cc(C(N)=O)cc1[N+](=O)[O-]. The van der Waals surface area contributed by atoms with Gasteiger partial charge >= 0.3 is 0 Å². The maximum Gasteiger partial charge on any atom is 0.275 e. The van der Waals surface area contributed by atoms with Gasteiger partial charge in [-0.25, -0.2) is 0 Å². The minimum absolute atomic E-state index is 0.0279. The number of nitro benzene ring substituents is 1. The third kappa shape index (κ3) is 3.80. The fourth-order valence-corrected chi connectivity index (χ4v) is 1.61. The number of aliphatic hydroxyl groups excluding tert-OH is 1. The average molecular weight is 288 g/mol. The first kappa shape index (κ1) is 15.2. The van der Waals surface area contributed by atoms with Gasteiger partial charge in [0.25, 0.3) is 5.69 Å². The zero-order chi connectivity index (χ0) is 14.6. The maximum absolute atomic E-state index is 11.1. The molecular weight excluding hydrogens is 274 g/mol. The summed E-state index contributed by atoms with van der Waals surface area (Å²) in [6.45, 7) is 1.65. The predicted octanol–water partition coefficient (Wildman–Crippen LogP) is 1.01. The van der Waals surface area contributed by atoms with Gasteiger partial charge in [-0.2, -0.15) is 0 Å². The highest BCUT2D eigenvalue weighted by molar-refractivity contribution is 6.18. The van der Waals surface area contributed by atoms with Crippen molar-refractivity contribution in [2.24, 2.45) is 5.73 Å². The van der Waals surface area contributed by atoms with E-state index in [0.29, 0.717) is 11.3 Å². The van der Waals surface area contributed by atoms with E-state index in [4.69, 9.17) is 17.3 Å². The number of nitrogens with two attached hydrogens (primary N) is 1. The van der Waals surface area contributed by atoms with E-state index in [9.17, 15) is 20.0 Å². The Hall–Kier alpha value is -1.86. The Morgan fingerprint density at radius 1 is 1.63 bits per heavy atom. The summed E-state index contributed by atoms with van der Waals surface area (Å²) >= 11 is 5.45. The molecule has 1 atom stereocenters. The van der Waals surface area contributed by atoms with Crippen LogP contribution >= 0.6 is 11.6 Å². The van der Waals surface area contributed by atoms with Crippen LogP contribution in [-0.4, -0.2) is 34.5 Å². The van der Waals surface area contributed by atoms with Gasteiger partial charge in [-0.15, -0.1) is 11.6 Å². The summed E-state index contributed by atoms with van der Waals surface area (Å²) in [6, 6.07) is 2.53. The number of amides is 1. The number of carbonyl (C=O) groups excluding carboxylic acids is 1.